The number of nitrogens with one attached hydrogen (secondary N) is 1. The van der Waals surface area contributed by atoms with E-state index in [1.54, 1.807) is 10.9 Å². The van der Waals surface area contributed by atoms with Crippen molar-refractivity contribution < 1.29 is 4.39 Å². The Labute approximate surface area is 108 Å². The number of hydrogen-bond donors (Lipinski definition) is 1. The molecule has 0 atom stereocenters. The first-order valence-corrected chi connectivity index (χ1v) is 5.68. The first-order valence-electron chi connectivity index (χ1n) is 4.92. The number of aromatic nitrogens is 2. The summed E-state index contributed by atoms with van der Waals surface area (Å²) in [5.41, 5.74) is 1.52. The molecule has 0 aliphatic carbocycles. The smallest absolute Gasteiger partial charge is 0.126 e. The van der Waals surface area contributed by atoms with E-state index in [1.165, 1.54) is 12.1 Å². The van der Waals surface area contributed by atoms with Gasteiger partial charge in [0.05, 0.1) is 21.9 Å². The van der Waals surface area contributed by atoms with Crippen LogP contribution in [0.25, 0.3) is 0 Å². The first kappa shape index (κ1) is 12.2. The molecule has 0 unspecified atom stereocenters. The fourth-order valence-corrected chi connectivity index (χ4v) is 2.06. The van der Waals surface area contributed by atoms with Gasteiger partial charge in [0.1, 0.15) is 5.82 Å². The normalized spacial score (nSPS) is 10.6. The molecule has 17 heavy (non-hydrogen) atoms. The Hall–Kier alpha value is -1.26. The second-order valence-electron chi connectivity index (χ2n) is 3.62. The van der Waals surface area contributed by atoms with Gasteiger partial charge in [-0.25, -0.2) is 4.39 Å². The van der Waals surface area contributed by atoms with Gasteiger partial charge in [0.25, 0.3) is 0 Å². The van der Waals surface area contributed by atoms with E-state index in [9.17, 15) is 4.39 Å². The molecular formula is C11H10Cl2FN3. The molecule has 1 N–H and O–H groups in total. The molecule has 0 saturated heterocycles. The zero-order valence-electron chi connectivity index (χ0n) is 9.04. The van der Waals surface area contributed by atoms with E-state index in [0.29, 0.717) is 12.2 Å². The van der Waals surface area contributed by atoms with Crippen LogP contribution in [0.3, 0.4) is 0 Å². The summed E-state index contributed by atoms with van der Waals surface area (Å²) in [5.74, 6) is -0.452. The molecule has 0 fully saturated rings. The summed E-state index contributed by atoms with van der Waals surface area (Å²) in [7, 11) is 1.83. The maximum Gasteiger partial charge on any atom is 0.126 e. The monoisotopic (exact) mass is 273 g/mol. The van der Waals surface area contributed by atoms with Gasteiger partial charge in [-0.05, 0) is 12.1 Å². The maximum absolute atomic E-state index is 13.0. The summed E-state index contributed by atoms with van der Waals surface area (Å²) in [5, 5.41) is 7.62. The van der Waals surface area contributed by atoms with Crippen LogP contribution in [0, 0.1) is 5.82 Å². The fourth-order valence-electron chi connectivity index (χ4n) is 1.46. The van der Waals surface area contributed by atoms with Crippen LogP contribution in [0.5, 0.6) is 0 Å². The number of nitrogens with zero attached hydrogens (tertiary/aromatic N) is 2. The van der Waals surface area contributed by atoms with Crippen LogP contribution in [-0.2, 0) is 13.6 Å². The lowest BCUT2D eigenvalue weighted by Crippen LogP contribution is -2.00. The van der Waals surface area contributed by atoms with Crippen molar-refractivity contribution in [2.45, 2.75) is 6.54 Å². The summed E-state index contributed by atoms with van der Waals surface area (Å²) in [4.78, 5) is 0. The van der Waals surface area contributed by atoms with Gasteiger partial charge in [-0.1, -0.05) is 23.2 Å². The lowest BCUT2D eigenvalue weighted by molar-refractivity contribution is 0.628. The number of hydrogen-bond acceptors (Lipinski definition) is 2. The third-order valence-corrected chi connectivity index (χ3v) is 2.83. The average molecular weight is 274 g/mol. The number of aryl methyl sites for hydroxylation is 1. The summed E-state index contributed by atoms with van der Waals surface area (Å²) < 4.78 is 14.7. The molecule has 0 aliphatic heterocycles. The molecule has 0 radical (unpaired) electrons. The fraction of sp³-hybridized carbons (Fsp3) is 0.182. The molecule has 0 aliphatic rings. The second-order valence-corrected chi connectivity index (χ2v) is 4.43. The molecule has 3 nitrogen and oxygen atoms in total. The van der Waals surface area contributed by atoms with E-state index in [-0.39, 0.29) is 10.0 Å². The predicted octanol–water partition coefficient (Wildman–Crippen LogP) is 3.48. The Morgan fingerprint density at radius 3 is 2.53 bits per heavy atom. The van der Waals surface area contributed by atoms with Crippen LogP contribution in [0.1, 0.15) is 5.56 Å². The van der Waals surface area contributed by atoms with Crippen molar-refractivity contribution in [3.63, 3.8) is 0 Å². The van der Waals surface area contributed by atoms with Gasteiger partial charge in [0.15, 0.2) is 0 Å². The van der Waals surface area contributed by atoms with Crippen LogP contribution in [0.2, 0.25) is 10.0 Å². The maximum atomic E-state index is 13.0. The lowest BCUT2D eigenvalue weighted by atomic mass is 10.3. The summed E-state index contributed by atoms with van der Waals surface area (Å²) in [6.45, 7) is 0.527. The van der Waals surface area contributed by atoms with Crippen LogP contribution in [0.15, 0.2) is 24.5 Å². The Morgan fingerprint density at radius 1 is 1.35 bits per heavy atom. The highest BCUT2D eigenvalue weighted by molar-refractivity contribution is 6.39. The molecule has 0 saturated carbocycles. The van der Waals surface area contributed by atoms with Crippen LogP contribution >= 0.6 is 23.2 Å². The molecule has 1 aromatic carbocycles. The van der Waals surface area contributed by atoms with Crippen molar-refractivity contribution in [3.05, 3.63) is 46.0 Å². The van der Waals surface area contributed by atoms with Gasteiger partial charge in [-0.15, -0.1) is 0 Å². The van der Waals surface area contributed by atoms with Crippen LogP contribution in [0.4, 0.5) is 10.1 Å². The van der Waals surface area contributed by atoms with Crippen molar-refractivity contribution in [1.82, 2.24) is 9.78 Å². The lowest BCUT2D eigenvalue weighted by Gasteiger charge is -2.09. The molecule has 1 aromatic heterocycles. The van der Waals surface area contributed by atoms with E-state index in [1.807, 2.05) is 13.2 Å². The third kappa shape index (κ3) is 2.90. The van der Waals surface area contributed by atoms with E-state index < -0.39 is 5.82 Å². The number of anilines is 1. The zero-order chi connectivity index (χ0) is 12.4. The molecule has 2 rings (SSSR count). The van der Waals surface area contributed by atoms with Gasteiger partial charge >= 0.3 is 0 Å². The van der Waals surface area contributed by atoms with Gasteiger partial charge in [-0.2, -0.15) is 5.10 Å². The highest BCUT2D eigenvalue weighted by atomic mass is 35.5. The molecule has 0 amide bonds. The molecule has 90 valence electrons. The SMILES string of the molecule is Cn1cc(CNc2c(Cl)cc(F)cc2Cl)cn1. The molecule has 0 bridgehead atoms. The molecule has 2 aromatic rings. The number of rotatable bonds is 3. The van der Waals surface area contributed by atoms with E-state index in [4.69, 9.17) is 23.2 Å². The summed E-state index contributed by atoms with van der Waals surface area (Å²) in [6, 6.07) is 2.44. The van der Waals surface area contributed by atoms with Gasteiger partial charge in [-0.3, -0.25) is 4.68 Å². The van der Waals surface area contributed by atoms with Crippen molar-refractivity contribution >= 4 is 28.9 Å². The van der Waals surface area contributed by atoms with Crippen molar-refractivity contribution in [2.24, 2.45) is 7.05 Å². The largest absolute Gasteiger partial charge is 0.378 e. The zero-order valence-corrected chi connectivity index (χ0v) is 10.6. The molecule has 0 spiro atoms. The minimum absolute atomic E-state index is 0.263. The number of benzene rings is 1. The van der Waals surface area contributed by atoms with E-state index in [2.05, 4.69) is 10.4 Å². The number of halogens is 3. The molecule has 1 heterocycles. The Bertz CT molecular complexity index is 516. The van der Waals surface area contributed by atoms with Crippen molar-refractivity contribution in [3.8, 4) is 0 Å². The van der Waals surface area contributed by atoms with E-state index in [0.717, 1.165) is 5.56 Å². The third-order valence-electron chi connectivity index (χ3n) is 2.23. The van der Waals surface area contributed by atoms with Crippen LogP contribution in [-0.4, -0.2) is 9.78 Å². The molecule has 6 heteroatoms. The first-order chi connectivity index (χ1) is 8.06. The van der Waals surface area contributed by atoms with E-state index >= 15 is 0 Å². The summed E-state index contributed by atoms with van der Waals surface area (Å²) in [6.07, 6.45) is 3.61. The molecular weight excluding hydrogens is 264 g/mol. The minimum atomic E-state index is -0.452. The van der Waals surface area contributed by atoms with Gasteiger partial charge < -0.3 is 5.32 Å². The average Bonchev–Trinajstić information content (AvgIpc) is 2.62. The highest BCUT2D eigenvalue weighted by Crippen LogP contribution is 2.31. The Morgan fingerprint density at radius 2 is 2.00 bits per heavy atom. The van der Waals surface area contributed by atoms with Gasteiger partial charge in [0.2, 0.25) is 0 Å². The van der Waals surface area contributed by atoms with Gasteiger partial charge in [0, 0.05) is 25.4 Å². The highest BCUT2D eigenvalue weighted by Gasteiger charge is 2.08. The summed E-state index contributed by atoms with van der Waals surface area (Å²) >= 11 is 11.8. The minimum Gasteiger partial charge on any atom is -0.378 e. The quantitative estimate of drug-likeness (QED) is 0.928. The standard InChI is InChI=1S/C11H10Cl2FN3/c1-17-6-7(5-16-17)4-15-11-9(12)2-8(14)3-10(11)13/h2-3,5-6,15H,4H2,1H3. The Balaban J connectivity index is 2.14. The topological polar surface area (TPSA) is 29.9 Å². The van der Waals surface area contributed by atoms with Crippen molar-refractivity contribution in [1.29, 1.82) is 0 Å². The van der Waals surface area contributed by atoms with Crippen LogP contribution < -0.4 is 5.32 Å². The Kier molecular flexibility index (Phi) is 3.54. The van der Waals surface area contributed by atoms with Crippen molar-refractivity contribution in [2.75, 3.05) is 5.32 Å². The predicted molar refractivity (Wildman–Crippen MR) is 67.0 cm³/mol. The second kappa shape index (κ2) is 4.94.